The maximum absolute atomic E-state index is 13.2. The van der Waals surface area contributed by atoms with Crippen molar-refractivity contribution in [3.05, 3.63) is 100 Å². The molecular formula is C28H27BrN4O. The van der Waals surface area contributed by atoms with Crippen LogP contribution in [0.4, 0.5) is 0 Å². The first-order valence-corrected chi connectivity index (χ1v) is 12.1. The number of nitrogens with two attached hydrogens (primary N) is 1. The van der Waals surface area contributed by atoms with Gasteiger partial charge in [0, 0.05) is 45.6 Å². The van der Waals surface area contributed by atoms with Crippen molar-refractivity contribution in [2.45, 2.75) is 26.9 Å². The van der Waals surface area contributed by atoms with E-state index in [1.54, 1.807) is 0 Å². The SMILES string of the molecule is CC.NCc1ccc(CNC(=O)c2cc(-c3c[nH]c4ccc(Br)cc34)nc3ccccc23)cc1. The van der Waals surface area contributed by atoms with Gasteiger partial charge in [0.2, 0.25) is 0 Å². The Morgan fingerprint density at radius 1 is 0.971 bits per heavy atom. The summed E-state index contributed by atoms with van der Waals surface area (Å²) in [7, 11) is 0. The second kappa shape index (κ2) is 10.6. The Balaban J connectivity index is 0.00000133. The third kappa shape index (κ3) is 4.88. The molecular weight excluding hydrogens is 488 g/mol. The lowest BCUT2D eigenvalue weighted by Gasteiger charge is -2.11. The second-order valence-electron chi connectivity index (χ2n) is 7.67. The zero-order valence-corrected chi connectivity index (χ0v) is 20.8. The number of amides is 1. The molecule has 172 valence electrons. The number of aromatic amines is 1. The minimum atomic E-state index is -0.131. The Morgan fingerprint density at radius 2 is 1.71 bits per heavy atom. The van der Waals surface area contributed by atoms with E-state index >= 15 is 0 Å². The van der Waals surface area contributed by atoms with E-state index in [-0.39, 0.29) is 5.91 Å². The van der Waals surface area contributed by atoms with Gasteiger partial charge in [-0.3, -0.25) is 4.79 Å². The van der Waals surface area contributed by atoms with Crippen molar-refractivity contribution in [2.24, 2.45) is 5.73 Å². The Hall–Kier alpha value is -3.48. The summed E-state index contributed by atoms with van der Waals surface area (Å²) in [6.07, 6.45) is 1.94. The van der Waals surface area contributed by atoms with Gasteiger partial charge in [0.25, 0.3) is 5.91 Å². The maximum Gasteiger partial charge on any atom is 0.252 e. The van der Waals surface area contributed by atoms with E-state index in [0.717, 1.165) is 48.7 Å². The number of halogens is 1. The van der Waals surface area contributed by atoms with Crippen molar-refractivity contribution in [1.29, 1.82) is 0 Å². The van der Waals surface area contributed by atoms with Crippen LogP contribution in [0.1, 0.15) is 35.3 Å². The van der Waals surface area contributed by atoms with E-state index in [4.69, 9.17) is 10.7 Å². The largest absolute Gasteiger partial charge is 0.360 e. The van der Waals surface area contributed by atoms with Crippen LogP contribution in [0.3, 0.4) is 0 Å². The highest BCUT2D eigenvalue weighted by atomic mass is 79.9. The molecule has 0 atom stereocenters. The molecule has 0 bridgehead atoms. The molecule has 0 unspecified atom stereocenters. The molecule has 2 aromatic heterocycles. The first-order chi connectivity index (χ1) is 16.6. The van der Waals surface area contributed by atoms with Crippen LogP contribution >= 0.6 is 15.9 Å². The number of rotatable bonds is 5. The summed E-state index contributed by atoms with van der Waals surface area (Å²) in [6, 6.07) is 23.6. The molecule has 0 aliphatic rings. The summed E-state index contributed by atoms with van der Waals surface area (Å²) in [6.45, 7) is 4.94. The van der Waals surface area contributed by atoms with Gasteiger partial charge >= 0.3 is 0 Å². The molecule has 34 heavy (non-hydrogen) atoms. The zero-order chi connectivity index (χ0) is 24.1. The molecule has 0 saturated carbocycles. The van der Waals surface area contributed by atoms with Gasteiger partial charge < -0.3 is 16.0 Å². The number of carbonyl (C=O) groups is 1. The molecule has 0 saturated heterocycles. The monoisotopic (exact) mass is 514 g/mol. The molecule has 2 heterocycles. The predicted octanol–water partition coefficient (Wildman–Crippen LogP) is 6.56. The lowest BCUT2D eigenvalue weighted by atomic mass is 10.0. The highest BCUT2D eigenvalue weighted by Crippen LogP contribution is 2.32. The lowest BCUT2D eigenvalue weighted by molar-refractivity contribution is 0.0952. The number of nitrogens with zero attached hydrogens (tertiary/aromatic N) is 1. The fourth-order valence-corrected chi connectivity index (χ4v) is 4.24. The van der Waals surface area contributed by atoms with E-state index in [0.29, 0.717) is 18.7 Å². The average Bonchev–Trinajstić information content (AvgIpc) is 3.31. The number of nitrogens with one attached hydrogen (secondary N) is 2. The van der Waals surface area contributed by atoms with Gasteiger partial charge in [-0.25, -0.2) is 4.98 Å². The van der Waals surface area contributed by atoms with Crippen LogP contribution in [0.15, 0.2) is 83.5 Å². The van der Waals surface area contributed by atoms with Gasteiger partial charge in [0.05, 0.1) is 16.8 Å². The quantitative estimate of drug-likeness (QED) is 0.248. The number of aromatic nitrogens is 2. The Kier molecular flexibility index (Phi) is 7.40. The molecule has 5 aromatic rings. The van der Waals surface area contributed by atoms with E-state index in [1.807, 2.05) is 86.8 Å². The number of hydrogen-bond donors (Lipinski definition) is 3. The Bertz CT molecular complexity index is 1440. The highest BCUT2D eigenvalue weighted by molar-refractivity contribution is 9.10. The van der Waals surface area contributed by atoms with Gasteiger partial charge in [0.15, 0.2) is 0 Å². The Labute approximate surface area is 207 Å². The van der Waals surface area contributed by atoms with E-state index < -0.39 is 0 Å². The number of fused-ring (bicyclic) bond motifs is 2. The van der Waals surface area contributed by atoms with Crippen LogP contribution in [-0.2, 0) is 13.1 Å². The molecule has 6 heteroatoms. The standard InChI is InChI=1S/C26H21BrN4O.C2H6/c27-18-9-10-23-20(11-18)22(15-29-23)25-12-21(19-3-1-2-4-24(19)31-25)26(32)30-14-17-7-5-16(13-28)6-8-17;1-2/h1-12,15,29H,13-14,28H2,(H,30,32);1-2H3. The van der Waals surface area contributed by atoms with Crippen molar-refractivity contribution in [3.63, 3.8) is 0 Å². The van der Waals surface area contributed by atoms with E-state index in [9.17, 15) is 4.79 Å². The molecule has 5 nitrogen and oxygen atoms in total. The number of H-pyrrole nitrogens is 1. The second-order valence-corrected chi connectivity index (χ2v) is 8.58. The zero-order valence-electron chi connectivity index (χ0n) is 19.2. The summed E-state index contributed by atoms with van der Waals surface area (Å²) in [4.78, 5) is 21.4. The molecule has 0 spiro atoms. The van der Waals surface area contributed by atoms with Gasteiger partial charge in [-0.15, -0.1) is 0 Å². The van der Waals surface area contributed by atoms with Crippen molar-refractivity contribution in [3.8, 4) is 11.3 Å². The highest BCUT2D eigenvalue weighted by Gasteiger charge is 2.16. The number of carbonyl (C=O) groups excluding carboxylic acids is 1. The van der Waals surface area contributed by atoms with Gasteiger partial charge in [-0.2, -0.15) is 0 Å². The van der Waals surface area contributed by atoms with E-state index in [1.165, 1.54) is 0 Å². The maximum atomic E-state index is 13.2. The number of benzene rings is 3. The van der Waals surface area contributed by atoms with E-state index in [2.05, 4.69) is 32.3 Å². The van der Waals surface area contributed by atoms with Crippen LogP contribution in [0, 0.1) is 0 Å². The van der Waals surface area contributed by atoms with Gasteiger partial charge in [0.1, 0.15) is 0 Å². The minimum Gasteiger partial charge on any atom is -0.360 e. The first-order valence-electron chi connectivity index (χ1n) is 11.4. The molecule has 0 radical (unpaired) electrons. The molecule has 1 amide bonds. The van der Waals surface area contributed by atoms with Crippen LogP contribution in [0.2, 0.25) is 0 Å². The van der Waals surface area contributed by atoms with Crippen molar-refractivity contribution in [2.75, 3.05) is 0 Å². The number of pyridine rings is 1. The fourth-order valence-electron chi connectivity index (χ4n) is 3.88. The number of para-hydroxylation sites is 1. The molecule has 0 aliphatic heterocycles. The van der Waals surface area contributed by atoms with Crippen LogP contribution in [0.25, 0.3) is 33.1 Å². The summed E-state index contributed by atoms with van der Waals surface area (Å²) in [5, 5.41) is 4.93. The molecule has 4 N–H and O–H groups in total. The summed E-state index contributed by atoms with van der Waals surface area (Å²) < 4.78 is 0.991. The van der Waals surface area contributed by atoms with Crippen LogP contribution in [-0.4, -0.2) is 15.9 Å². The van der Waals surface area contributed by atoms with Crippen molar-refractivity contribution < 1.29 is 4.79 Å². The third-order valence-electron chi connectivity index (χ3n) is 5.59. The predicted molar refractivity (Wildman–Crippen MR) is 144 cm³/mol. The summed E-state index contributed by atoms with van der Waals surface area (Å²) >= 11 is 3.55. The minimum absolute atomic E-state index is 0.131. The molecule has 3 aromatic carbocycles. The van der Waals surface area contributed by atoms with Crippen molar-refractivity contribution in [1.82, 2.24) is 15.3 Å². The van der Waals surface area contributed by atoms with Gasteiger partial charge in [-0.05, 0) is 41.5 Å². The average molecular weight is 515 g/mol. The van der Waals surface area contributed by atoms with Crippen LogP contribution in [0.5, 0.6) is 0 Å². The molecule has 0 aliphatic carbocycles. The topological polar surface area (TPSA) is 83.8 Å². The summed E-state index contributed by atoms with van der Waals surface area (Å²) in [5.74, 6) is -0.131. The third-order valence-corrected chi connectivity index (χ3v) is 6.09. The fraction of sp³-hybridized carbons (Fsp3) is 0.143. The lowest BCUT2D eigenvalue weighted by Crippen LogP contribution is -2.23. The molecule has 0 fully saturated rings. The summed E-state index contributed by atoms with van der Waals surface area (Å²) in [5.41, 5.74) is 11.9. The van der Waals surface area contributed by atoms with Gasteiger partial charge in [-0.1, -0.05) is 72.2 Å². The Morgan fingerprint density at radius 3 is 2.47 bits per heavy atom. The van der Waals surface area contributed by atoms with Crippen LogP contribution < -0.4 is 11.1 Å². The first kappa shape index (κ1) is 23.7. The van der Waals surface area contributed by atoms with Crippen molar-refractivity contribution >= 4 is 43.6 Å². The normalized spacial score (nSPS) is 10.7. The molecule has 5 rings (SSSR count). The number of hydrogen-bond acceptors (Lipinski definition) is 3. The smallest absolute Gasteiger partial charge is 0.252 e.